The van der Waals surface area contributed by atoms with Crippen molar-refractivity contribution in [2.75, 3.05) is 6.61 Å². The molecule has 166 valence electrons. The summed E-state index contributed by atoms with van der Waals surface area (Å²) in [5, 5.41) is 0. The maximum absolute atomic E-state index is 12.3. The lowest BCUT2D eigenvalue weighted by Crippen LogP contribution is -2.40. The quantitative estimate of drug-likeness (QED) is 0.295. The summed E-state index contributed by atoms with van der Waals surface area (Å²) >= 11 is 0. The van der Waals surface area contributed by atoms with Crippen LogP contribution in [0.2, 0.25) is 0 Å². The normalized spacial score (nSPS) is 12.5. The molecule has 1 aromatic carbocycles. The minimum atomic E-state index is -1.03. The first-order valence-electron chi connectivity index (χ1n) is 10.8. The van der Waals surface area contributed by atoms with Crippen molar-refractivity contribution in [1.82, 2.24) is 0 Å². The minimum absolute atomic E-state index is 0. The Morgan fingerprint density at radius 3 is 2.00 bits per heavy atom. The molecule has 2 atom stereocenters. The lowest BCUT2D eigenvalue weighted by atomic mass is 10.0. The standard InChI is InChI=1S/C23H37NO4.ClH/c1-3-5-6-7-8-9-10-11-15-18-20(25)28-22(19-16-13-12-14-17-19)21(24)23(26)27-4-2;/h12-14,16-17,21-22H,3-11,15,18,24H2,1-2H3;1H/t21-,22+;/m1./s1. The van der Waals surface area contributed by atoms with E-state index in [9.17, 15) is 9.59 Å². The molecule has 5 nitrogen and oxygen atoms in total. The number of benzene rings is 1. The summed E-state index contributed by atoms with van der Waals surface area (Å²) in [4.78, 5) is 24.3. The van der Waals surface area contributed by atoms with Crippen molar-refractivity contribution in [1.29, 1.82) is 0 Å². The second-order valence-electron chi connectivity index (χ2n) is 7.18. The Morgan fingerprint density at radius 1 is 0.897 bits per heavy atom. The predicted octanol–water partition coefficient (Wildman–Crippen LogP) is 5.50. The van der Waals surface area contributed by atoms with Gasteiger partial charge in [-0.3, -0.25) is 9.59 Å². The average Bonchev–Trinajstić information content (AvgIpc) is 2.71. The summed E-state index contributed by atoms with van der Waals surface area (Å²) in [6.45, 7) is 4.18. The largest absolute Gasteiger partial charge is 0.465 e. The van der Waals surface area contributed by atoms with Gasteiger partial charge in [0.05, 0.1) is 6.61 Å². The van der Waals surface area contributed by atoms with Gasteiger partial charge >= 0.3 is 11.9 Å². The lowest BCUT2D eigenvalue weighted by Gasteiger charge is -2.23. The summed E-state index contributed by atoms with van der Waals surface area (Å²) in [5.74, 6) is -0.885. The van der Waals surface area contributed by atoms with Gasteiger partial charge in [-0.1, -0.05) is 88.6 Å². The van der Waals surface area contributed by atoms with Crippen LogP contribution >= 0.6 is 12.4 Å². The number of ether oxygens (including phenoxy) is 2. The zero-order chi connectivity index (χ0) is 20.6. The Balaban J connectivity index is 0.00000784. The highest BCUT2D eigenvalue weighted by atomic mass is 35.5. The van der Waals surface area contributed by atoms with Gasteiger partial charge in [0.25, 0.3) is 0 Å². The van der Waals surface area contributed by atoms with Crippen molar-refractivity contribution in [3.05, 3.63) is 35.9 Å². The molecule has 0 unspecified atom stereocenters. The molecule has 0 fully saturated rings. The van der Waals surface area contributed by atoms with E-state index in [4.69, 9.17) is 15.2 Å². The van der Waals surface area contributed by atoms with Crippen molar-refractivity contribution >= 4 is 24.3 Å². The van der Waals surface area contributed by atoms with Gasteiger partial charge in [-0.25, -0.2) is 0 Å². The van der Waals surface area contributed by atoms with Crippen molar-refractivity contribution in [2.45, 2.75) is 90.2 Å². The number of hydrogen-bond donors (Lipinski definition) is 1. The van der Waals surface area contributed by atoms with Crippen LogP contribution in [0.1, 0.15) is 89.7 Å². The van der Waals surface area contributed by atoms with Gasteiger partial charge in [-0.2, -0.15) is 0 Å². The molecule has 6 heteroatoms. The summed E-state index contributed by atoms with van der Waals surface area (Å²) in [6, 6.07) is 8.09. The number of halogens is 1. The molecule has 0 spiro atoms. The van der Waals surface area contributed by atoms with E-state index in [2.05, 4.69) is 6.92 Å². The molecule has 2 N–H and O–H groups in total. The monoisotopic (exact) mass is 427 g/mol. The molecular weight excluding hydrogens is 390 g/mol. The van der Waals surface area contributed by atoms with Crippen LogP contribution in [0, 0.1) is 0 Å². The zero-order valence-electron chi connectivity index (χ0n) is 17.9. The molecule has 1 aromatic rings. The Kier molecular flexibility index (Phi) is 16.3. The number of unbranched alkanes of at least 4 members (excludes halogenated alkanes) is 8. The number of hydrogen-bond acceptors (Lipinski definition) is 5. The van der Waals surface area contributed by atoms with E-state index >= 15 is 0 Å². The summed E-state index contributed by atoms with van der Waals surface area (Å²) < 4.78 is 10.6. The second kappa shape index (κ2) is 17.3. The number of nitrogens with two attached hydrogens (primary N) is 1. The predicted molar refractivity (Wildman–Crippen MR) is 119 cm³/mol. The van der Waals surface area contributed by atoms with Gasteiger partial charge in [0.15, 0.2) is 6.10 Å². The second-order valence-corrected chi connectivity index (χ2v) is 7.18. The van der Waals surface area contributed by atoms with Gasteiger partial charge in [-0.15, -0.1) is 12.4 Å². The van der Waals surface area contributed by atoms with E-state index in [1.54, 1.807) is 19.1 Å². The maximum Gasteiger partial charge on any atom is 0.327 e. The highest BCUT2D eigenvalue weighted by Crippen LogP contribution is 2.22. The van der Waals surface area contributed by atoms with E-state index in [0.717, 1.165) is 19.3 Å². The van der Waals surface area contributed by atoms with Gasteiger partial charge in [-0.05, 0) is 18.9 Å². The summed E-state index contributed by atoms with van der Waals surface area (Å²) in [5.41, 5.74) is 6.72. The van der Waals surface area contributed by atoms with Crippen molar-refractivity contribution in [2.24, 2.45) is 5.73 Å². The molecule has 0 saturated carbocycles. The summed E-state index contributed by atoms with van der Waals surface area (Å²) in [7, 11) is 0. The minimum Gasteiger partial charge on any atom is -0.465 e. The third-order valence-corrected chi connectivity index (χ3v) is 4.76. The molecule has 1 rings (SSSR count). The van der Waals surface area contributed by atoms with Crippen molar-refractivity contribution < 1.29 is 19.1 Å². The maximum atomic E-state index is 12.3. The Labute approximate surface area is 182 Å². The molecule has 0 heterocycles. The van der Waals surface area contributed by atoms with Crippen molar-refractivity contribution in [3.8, 4) is 0 Å². The summed E-state index contributed by atoms with van der Waals surface area (Å²) in [6.07, 6.45) is 10.2. The van der Waals surface area contributed by atoms with Gasteiger partial charge in [0.2, 0.25) is 0 Å². The number of carbonyl (C=O) groups excluding carboxylic acids is 2. The highest BCUT2D eigenvalue weighted by Gasteiger charge is 2.30. The first-order valence-corrected chi connectivity index (χ1v) is 10.8. The number of rotatable bonds is 15. The zero-order valence-corrected chi connectivity index (χ0v) is 18.8. The average molecular weight is 428 g/mol. The highest BCUT2D eigenvalue weighted by molar-refractivity contribution is 5.85. The van der Waals surface area contributed by atoms with Gasteiger partial charge in [0, 0.05) is 6.42 Å². The molecule has 0 amide bonds. The Morgan fingerprint density at radius 2 is 1.45 bits per heavy atom. The van der Waals surface area contributed by atoms with Crippen LogP contribution in [0.15, 0.2) is 30.3 Å². The van der Waals surface area contributed by atoms with Crippen molar-refractivity contribution in [3.63, 3.8) is 0 Å². The smallest absolute Gasteiger partial charge is 0.327 e. The fourth-order valence-electron chi connectivity index (χ4n) is 3.13. The molecule has 29 heavy (non-hydrogen) atoms. The lowest BCUT2D eigenvalue weighted by molar-refractivity contribution is -0.157. The van der Waals surface area contributed by atoms with E-state index in [-0.39, 0.29) is 25.0 Å². The van der Waals surface area contributed by atoms with Crippen LogP contribution in [0.4, 0.5) is 0 Å². The molecule has 0 aliphatic heterocycles. The fraction of sp³-hybridized carbons (Fsp3) is 0.652. The Bertz CT molecular complexity index is 553. The van der Waals surface area contributed by atoms with E-state index in [0.29, 0.717) is 12.0 Å². The van der Waals surface area contributed by atoms with Crippen LogP contribution in [-0.2, 0) is 19.1 Å². The molecule has 0 saturated heterocycles. The molecular formula is C23H38ClNO4. The number of carbonyl (C=O) groups is 2. The van der Waals surface area contributed by atoms with E-state index in [1.165, 1.54) is 38.5 Å². The van der Waals surface area contributed by atoms with Crippen LogP contribution in [0.5, 0.6) is 0 Å². The third kappa shape index (κ3) is 11.9. The molecule has 0 bridgehead atoms. The third-order valence-electron chi connectivity index (χ3n) is 4.76. The van der Waals surface area contributed by atoms with Gasteiger partial charge < -0.3 is 15.2 Å². The molecule has 0 radical (unpaired) electrons. The van der Waals surface area contributed by atoms with Crippen LogP contribution < -0.4 is 5.73 Å². The van der Waals surface area contributed by atoms with Crippen LogP contribution in [0.3, 0.4) is 0 Å². The molecule has 0 aliphatic carbocycles. The van der Waals surface area contributed by atoms with Crippen LogP contribution in [0.25, 0.3) is 0 Å². The van der Waals surface area contributed by atoms with E-state index < -0.39 is 18.1 Å². The van der Waals surface area contributed by atoms with Crippen LogP contribution in [-0.4, -0.2) is 24.6 Å². The Hall–Kier alpha value is -1.59. The first-order chi connectivity index (χ1) is 13.6. The fourth-order valence-corrected chi connectivity index (χ4v) is 3.13. The van der Waals surface area contributed by atoms with E-state index in [1.807, 2.05) is 18.2 Å². The van der Waals surface area contributed by atoms with Gasteiger partial charge in [0.1, 0.15) is 6.04 Å². The topological polar surface area (TPSA) is 78.6 Å². The first kappa shape index (κ1) is 27.4. The molecule has 0 aliphatic rings. The molecule has 0 aromatic heterocycles. The SMILES string of the molecule is CCCCCCCCCCCC(=O)O[C@@H](c1ccccc1)[C@@H](N)C(=O)OCC.Cl. The number of esters is 2.